The number of para-hydroxylation sites is 1. The molecule has 6 atom stereocenters. The van der Waals surface area contributed by atoms with E-state index in [4.69, 9.17) is 19.4 Å². The summed E-state index contributed by atoms with van der Waals surface area (Å²) < 4.78 is 41.0. The Morgan fingerprint density at radius 1 is 1.00 bits per heavy atom. The van der Waals surface area contributed by atoms with Gasteiger partial charge in [-0.1, -0.05) is 64.7 Å². The topological polar surface area (TPSA) is 169 Å². The molecule has 4 aliphatic rings. The quantitative estimate of drug-likeness (QED) is 0.150. The highest BCUT2D eigenvalue weighted by atomic mass is 32.2. The van der Waals surface area contributed by atoms with Crippen molar-refractivity contribution in [2.24, 2.45) is 11.8 Å². The smallest absolute Gasteiger partial charge is 0.259 e. The third-order valence-electron chi connectivity index (χ3n) is 12.7. The van der Waals surface area contributed by atoms with E-state index in [0.29, 0.717) is 54.8 Å². The lowest BCUT2D eigenvalue weighted by Crippen LogP contribution is -2.57. The van der Waals surface area contributed by atoms with Crippen molar-refractivity contribution in [3.63, 3.8) is 0 Å². The molecule has 2 aliphatic carbocycles. The zero-order valence-corrected chi connectivity index (χ0v) is 36.7. The molecular weight excluding hydrogens is 801 g/mol. The van der Waals surface area contributed by atoms with E-state index in [1.54, 1.807) is 12.0 Å². The van der Waals surface area contributed by atoms with Crippen molar-refractivity contribution in [2.75, 3.05) is 19.0 Å². The molecular formula is C45H56N6O7S2. The van der Waals surface area contributed by atoms with Crippen molar-refractivity contribution < 1.29 is 32.3 Å². The van der Waals surface area contributed by atoms with Crippen molar-refractivity contribution >= 4 is 55.7 Å². The highest BCUT2D eigenvalue weighted by molar-refractivity contribution is 7.91. The minimum absolute atomic E-state index is 0.114. The number of pyridine rings is 1. The Bertz CT molecular complexity index is 2370. The Morgan fingerprint density at radius 2 is 1.77 bits per heavy atom. The fourth-order valence-electron chi connectivity index (χ4n) is 8.93. The minimum Gasteiger partial charge on any atom is -0.496 e. The van der Waals surface area contributed by atoms with Gasteiger partial charge in [0, 0.05) is 34.5 Å². The first-order valence-corrected chi connectivity index (χ1v) is 23.8. The van der Waals surface area contributed by atoms with Crippen LogP contribution in [0.2, 0.25) is 0 Å². The van der Waals surface area contributed by atoms with Crippen LogP contribution in [-0.2, 0) is 24.4 Å². The maximum atomic E-state index is 14.9. The summed E-state index contributed by atoms with van der Waals surface area (Å²) in [7, 11) is -2.24. The first-order valence-electron chi connectivity index (χ1n) is 21.4. The lowest BCUT2D eigenvalue weighted by molar-refractivity contribution is -0.140. The number of benzene rings is 2. The Hall–Kier alpha value is -4.76. The van der Waals surface area contributed by atoms with Crippen LogP contribution in [0.1, 0.15) is 102 Å². The lowest BCUT2D eigenvalue weighted by Gasteiger charge is -2.30. The zero-order valence-electron chi connectivity index (χ0n) is 35.0. The van der Waals surface area contributed by atoms with E-state index in [9.17, 15) is 22.8 Å². The molecule has 8 rings (SSSR count). The van der Waals surface area contributed by atoms with Gasteiger partial charge in [-0.05, 0) is 81.0 Å². The fourth-order valence-corrected chi connectivity index (χ4v) is 11.2. The lowest BCUT2D eigenvalue weighted by atomic mass is 9.94. The molecule has 2 aromatic heterocycles. The Balaban J connectivity index is 1.15. The summed E-state index contributed by atoms with van der Waals surface area (Å²) in [5.41, 5.74) is 2.55. The first-order chi connectivity index (χ1) is 28.8. The molecule has 0 bridgehead atoms. The molecule has 1 unspecified atom stereocenters. The van der Waals surface area contributed by atoms with Crippen LogP contribution >= 0.6 is 11.3 Å². The number of ether oxygens (including phenoxy) is 2. The zero-order chi connectivity index (χ0) is 42.3. The number of thiazole rings is 1. The van der Waals surface area contributed by atoms with Gasteiger partial charge in [-0.15, -0.1) is 11.3 Å². The van der Waals surface area contributed by atoms with Crippen LogP contribution in [0.25, 0.3) is 21.6 Å². The number of hydrogen-bond acceptors (Lipinski definition) is 11. The summed E-state index contributed by atoms with van der Waals surface area (Å²) in [6, 6.07) is 13.6. The molecule has 0 spiro atoms. The van der Waals surface area contributed by atoms with Gasteiger partial charge < -0.3 is 25.0 Å². The number of nitrogens with one attached hydrogen (secondary N) is 3. The predicted octanol–water partition coefficient (Wildman–Crippen LogP) is 7.10. The second-order valence-electron chi connectivity index (χ2n) is 17.6. The molecule has 3 N–H and O–H groups in total. The number of rotatable bonds is 10. The van der Waals surface area contributed by atoms with E-state index >= 15 is 0 Å². The molecule has 2 saturated heterocycles. The number of carbonyl (C=O) groups is 3. The predicted molar refractivity (Wildman–Crippen MR) is 233 cm³/mol. The number of nitrogens with zero attached hydrogens (tertiary/aromatic N) is 3. The number of amides is 3. The van der Waals surface area contributed by atoms with E-state index in [1.165, 1.54) is 11.3 Å². The van der Waals surface area contributed by atoms with Gasteiger partial charge in [-0.2, -0.15) is 0 Å². The second-order valence-corrected chi connectivity index (χ2v) is 20.4. The molecule has 4 fully saturated rings. The van der Waals surface area contributed by atoms with E-state index < -0.39 is 50.8 Å². The van der Waals surface area contributed by atoms with Crippen LogP contribution in [0, 0.1) is 18.8 Å². The van der Waals surface area contributed by atoms with Gasteiger partial charge in [-0.3, -0.25) is 19.1 Å². The first kappa shape index (κ1) is 42.0. The maximum Gasteiger partial charge on any atom is 0.259 e. The van der Waals surface area contributed by atoms with Gasteiger partial charge in [0.25, 0.3) is 5.91 Å². The summed E-state index contributed by atoms with van der Waals surface area (Å²) in [4.78, 5) is 55.2. The Morgan fingerprint density at radius 3 is 2.48 bits per heavy atom. The third kappa shape index (κ3) is 8.70. The molecule has 2 saturated carbocycles. The van der Waals surface area contributed by atoms with Gasteiger partial charge in [0.2, 0.25) is 21.8 Å². The number of anilines is 1. The van der Waals surface area contributed by atoms with Crippen LogP contribution in [-0.4, -0.2) is 83.6 Å². The molecule has 4 aromatic rings. The van der Waals surface area contributed by atoms with Crippen molar-refractivity contribution in [1.82, 2.24) is 24.9 Å². The number of fused-ring (bicyclic) bond motifs is 3. The van der Waals surface area contributed by atoms with Crippen LogP contribution in [0.15, 0.2) is 53.9 Å². The average molecular weight is 857 g/mol. The fraction of sp³-hybridized carbons (Fsp3) is 0.533. The standard InChI is InChI=1S/C45H56N6O7S2/c1-26(2)36-25-59-42(48-36)35-22-39(33-18-19-38(57-5)28(4)40(33)47-35)58-31-21-37-41(52)49-45(44(54)50-60(55,56)32-16-17-32)23-29(45)20-27(3)12-8-6-11-15-34(43(53)51(37)24-31)46-30-13-9-7-10-14-30/h7,9-10,13-14,18-19,22,25-27,29,31-32,34,37,46H,6,8,11-12,15-17,20-21,23-24H2,1-5H3,(H,49,52)(H,50,54)/t27?,29-,31-,34+,37+,45-/m1/s1. The molecule has 4 heterocycles. The SMILES string of the molecule is COc1ccc2c(O[C@@H]3C[C@H]4C(=O)N[C@]5(C(=O)NS(=O)(=O)C6CC6)C[C@H]5CC(C)CCCCC[C@H](Nc5ccccc5)C(=O)N4C3)cc(-c3nc(C(C)C)cs3)nc2c1C. The van der Waals surface area contributed by atoms with Gasteiger partial charge in [0.1, 0.15) is 45.9 Å². The molecule has 15 heteroatoms. The van der Waals surface area contributed by atoms with Gasteiger partial charge >= 0.3 is 0 Å². The third-order valence-corrected chi connectivity index (χ3v) is 15.4. The molecule has 2 aliphatic heterocycles. The number of hydrogen-bond donors (Lipinski definition) is 3. The van der Waals surface area contributed by atoms with E-state index in [1.807, 2.05) is 60.8 Å². The Kier molecular flexibility index (Phi) is 11.9. The van der Waals surface area contributed by atoms with E-state index in [0.717, 1.165) is 53.0 Å². The van der Waals surface area contributed by atoms with Crippen LogP contribution in [0.3, 0.4) is 0 Å². The normalized spacial score (nSPS) is 26.4. The van der Waals surface area contributed by atoms with E-state index in [2.05, 4.69) is 36.1 Å². The summed E-state index contributed by atoms with van der Waals surface area (Å²) in [6.07, 6.45) is 5.74. The minimum atomic E-state index is -3.86. The molecule has 2 aromatic carbocycles. The summed E-state index contributed by atoms with van der Waals surface area (Å²) in [6.45, 7) is 8.41. The second kappa shape index (κ2) is 16.9. The van der Waals surface area contributed by atoms with Crippen LogP contribution in [0.5, 0.6) is 11.5 Å². The number of aryl methyl sites for hydroxylation is 1. The van der Waals surface area contributed by atoms with Crippen molar-refractivity contribution in [3.8, 4) is 22.2 Å². The average Bonchev–Trinajstić information content (AvgIpc) is 4.09. The largest absolute Gasteiger partial charge is 0.496 e. The molecule has 13 nitrogen and oxygen atoms in total. The maximum absolute atomic E-state index is 14.9. The number of methoxy groups -OCH3 is 1. The molecule has 3 amide bonds. The van der Waals surface area contributed by atoms with Crippen molar-refractivity contribution in [3.05, 3.63) is 65.2 Å². The van der Waals surface area contributed by atoms with Crippen LogP contribution in [0.4, 0.5) is 5.69 Å². The summed E-state index contributed by atoms with van der Waals surface area (Å²) in [5.74, 6) is 0.0643. The van der Waals surface area contributed by atoms with Crippen molar-refractivity contribution in [1.29, 1.82) is 0 Å². The highest BCUT2D eigenvalue weighted by Gasteiger charge is 2.63. The van der Waals surface area contributed by atoms with Crippen LogP contribution < -0.4 is 24.8 Å². The highest BCUT2D eigenvalue weighted by Crippen LogP contribution is 2.49. The monoisotopic (exact) mass is 856 g/mol. The number of aromatic nitrogens is 2. The van der Waals surface area contributed by atoms with E-state index in [-0.39, 0.29) is 36.6 Å². The molecule has 60 heavy (non-hydrogen) atoms. The molecule has 320 valence electrons. The van der Waals surface area contributed by atoms with Gasteiger partial charge in [-0.25, -0.2) is 18.4 Å². The number of carbonyl (C=O) groups excluding carboxylic acids is 3. The van der Waals surface area contributed by atoms with Gasteiger partial charge in [0.05, 0.1) is 30.1 Å². The van der Waals surface area contributed by atoms with Crippen molar-refractivity contribution in [2.45, 2.75) is 127 Å². The summed E-state index contributed by atoms with van der Waals surface area (Å²) >= 11 is 1.51. The Labute approximate surface area is 356 Å². The summed E-state index contributed by atoms with van der Waals surface area (Å²) in [5, 5.41) is 9.47. The number of sulfonamides is 1. The molecule has 0 radical (unpaired) electrons. The van der Waals surface area contributed by atoms with Gasteiger partial charge in [0.15, 0.2) is 0 Å².